The molecule has 0 saturated carbocycles. The molecule has 1 aromatic rings. The van der Waals surface area contributed by atoms with E-state index in [-0.39, 0.29) is 17.8 Å². The summed E-state index contributed by atoms with van der Waals surface area (Å²) >= 11 is 0. The van der Waals surface area contributed by atoms with Gasteiger partial charge >= 0.3 is 5.97 Å². The SMILES string of the molecule is COC(=O)CC(C)(CN)c1ccncc1. The fourth-order valence-electron chi connectivity index (χ4n) is 1.44. The molecule has 0 saturated heterocycles. The standard InChI is InChI=1S/C11H16N2O2/c1-11(8-12,7-10(14)15-2)9-3-5-13-6-4-9/h3-6H,7-8,12H2,1-2H3. The Morgan fingerprint density at radius 2 is 2.13 bits per heavy atom. The van der Waals surface area contributed by atoms with Gasteiger partial charge in [0, 0.05) is 24.4 Å². The highest BCUT2D eigenvalue weighted by Gasteiger charge is 2.28. The molecule has 0 bridgehead atoms. The van der Waals surface area contributed by atoms with Crippen LogP contribution >= 0.6 is 0 Å². The van der Waals surface area contributed by atoms with Gasteiger partial charge in [0.05, 0.1) is 13.5 Å². The van der Waals surface area contributed by atoms with Gasteiger partial charge in [0.15, 0.2) is 0 Å². The molecular weight excluding hydrogens is 192 g/mol. The van der Waals surface area contributed by atoms with Crippen molar-refractivity contribution in [3.05, 3.63) is 30.1 Å². The zero-order valence-corrected chi connectivity index (χ0v) is 9.06. The smallest absolute Gasteiger partial charge is 0.306 e. The minimum Gasteiger partial charge on any atom is -0.469 e. The van der Waals surface area contributed by atoms with Crippen molar-refractivity contribution in [1.29, 1.82) is 0 Å². The first-order valence-corrected chi connectivity index (χ1v) is 4.80. The average molecular weight is 208 g/mol. The number of carbonyl (C=O) groups excluding carboxylic acids is 1. The third-order valence-corrected chi connectivity index (χ3v) is 2.59. The predicted octanol–water partition coefficient (Wildman–Crippen LogP) is 0.861. The van der Waals surface area contributed by atoms with Crippen LogP contribution in [0.3, 0.4) is 0 Å². The summed E-state index contributed by atoms with van der Waals surface area (Å²) in [4.78, 5) is 15.2. The minimum atomic E-state index is -0.379. The Morgan fingerprint density at radius 1 is 1.53 bits per heavy atom. The molecule has 4 nitrogen and oxygen atoms in total. The average Bonchev–Trinajstić information content (AvgIpc) is 2.30. The monoisotopic (exact) mass is 208 g/mol. The first kappa shape index (κ1) is 11.7. The van der Waals surface area contributed by atoms with Crippen LogP contribution in [-0.4, -0.2) is 24.6 Å². The molecule has 0 aliphatic carbocycles. The maximum absolute atomic E-state index is 11.3. The molecule has 0 aliphatic heterocycles. The van der Waals surface area contributed by atoms with Gasteiger partial charge in [-0.05, 0) is 17.7 Å². The van der Waals surface area contributed by atoms with Gasteiger partial charge in [-0.1, -0.05) is 6.92 Å². The highest BCUT2D eigenvalue weighted by atomic mass is 16.5. The van der Waals surface area contributed by atoms with Crippen LogP contribution < -0.4 is 5.73 Å². The van der Waals surface area contributed by atoms with Crippen molar-refractivity contribution in [3.63, 3.8) is 0 Å². The molecule has 2 N–H and O–H groups in total. The number of methoxy groups -OCH3 is 1. The van der Waals surface area contributed by atoms with Gasteiger partial charge in [0.2, 0.25) is 0 Å². The lowest BCUT2D eigenvalue weighted by atomic mass is 9.80. The second kappa shape index (κ2) is 4.89. The molecule has 0 aromatic carbocycles. The first-order chi connectivity index (χ1) is 7.12. The molecule has 1 unspecified atom stereocenters. The number of ether oxygens (including phenoxy) is 1. The predicted molar refractivity (Wildman–Crippen MR) is 57.3 cm³/mol. The molecule has 0 aliphatic rings. The Hall–Kier alpha value is -1.42. The topological polar surface area (TPSA) is 65.2 Å². The third kappa shape index (κ3) is 2.76. The number of nitrogens with two attached hydrogens (primary N) is 1. The molecular formula is C11H16N2O2. The molecule has 1 heterocycles. The zero-order chi connectivity index (χ0) is 11.3. The van der Waals surface area contributed by atoms with Crippen molar-refractivity contribution in [1.82, 2.24) is 4.98 Å². The Balaban J connectivity index is 2.90. The Labute approximate surface area is 89.5 Å². The Kier molecular flexibility index (Phi) is 3.80. The number of pyridine rings is 1. The molecule has 1 atom stereocenters. The van der Waals surface area contributed by atoms with E-state index in [1.54, 1.807) is 12.4 Å². The molecule has 0 radical (unpaired) electrons. The van der Waals surface area contributed by atoms with Crippen LogP contribution in [0, 0.1) is 0 Å². The van der Waals surface area contributed by atoms with Crippen LogP contribution in [0.25, 0.3) is 0 Å². The molecule has 0 amide bonds. The molecule has 0 fully saturated rings. The fourth-order valence-corrected chi connectivity index (χ4v) is 1.44. The van der Waals surface area contributed by atoms with Crippen molar-refractivity contribution >= 4 is 5.97 Å². The van der Waals surface area contributed by atoms with Crippen LogP contribution in [0.15, 0.2) is 24.5 Å². The normalized spacial score (nSPS) is 14.3. The molecule has 1 aromatic heterocycles. The number of nitrogens with zero attached hydrogens (tertiary/aromatic N) is 1. The summed E-state index contributed by atoms with van der Waals surface area (Å²) in [6.45, 7) is 2.34. The van der Waals surface area contributed by atoms with E-state index >= 15 is 0 Å². The van der Waals surface area contributed by atoms with Crippen LogP contribution in [0.1, 0.15) is 18.9 Å². The summed E-state index contributed by atoms with van der Waals surface area (Å²) in [5, 5.41) is 0. The van der Waals surface area contributed by atoms with E-state index in [1.807, 2.05) is 19.1 Å². The van der Waals surface area contributed by atoms with Crippen molar-refractivity contribution in [3.8, 4) is 0 Å². The summed E-state index contributed by atoms with van der Waals surface area (Å²) in [7, 11) is 1.38. The lowest BCUT2D eigenvalue weighted by Crippen LogP contribution is -2.34. The minimum absolute atomic E-state index is 0.250. The summed E-state index contributed by atoms with van der Waals surface area (Å²) in [5.74, 6) is -0.250. The summed E-state index contributed by atoms with van der Waals surface area (Å²) in [6.07, 6.45) is 3.67. The van der Waals surface area contributed by atoms with Crippen LogP contribution in [-0.2, 0) is 14.9 Å². The first-order valence-electron chi connectivity index (χ1n) is 4.80. The second-order valence-electron chi connectivity index (χ2n) is 3.75. The highest BCUT2D eigenvalue weighted by molar-refractivity contribution is 5.71. The number of aromatic nitrogens is 1. The number of hydrogen-bond acceptors (Lipinski definition) is 4. The van der Waals surface area contributed by atoms with Crippen molar-refractivity contribution in [2.24, 2.45) is 5.73 Å². The summed E-state index contributed by atoms with van der Waals surface area (Å²) in [5.41, 5.74) is 6.34. The zero-order valence-electron chi connectivity index (χ0n) is 9.06. The van der Waals surface area contributed by atoms with E-state index in [9.17, 15) is 4.79 Å². The lowest BCUT2D eigenvalue weighted by Gasteiger charge is -2.26. The van der Waals surface area contributed by atoms with Crippen molar-refractivity contribution < 1.29 is 9.53 Å². The van der Waals surface area contributed by atoms with Gasteiger partial charge in [-0.3, -0.25) is 9.78 Å². The van der Waals surface area contributed by atoms with Gasteiger partial charge in [-0.2, -0.15) is 0 Å². The van der Waals surface area contributed by atoms with E-state index < -0.39 is 0 Å². The summed E-state index contributed by atoms with van der Waals surface area (Å²) < 4.78 is 4.66. The largest absolute Gasteiger partial charge is 0.469 e. The van der Waals surface area contributed by atoms with E-state index in [2.05, 4.69) is 9.72 Å². The molecule has 15 heavy (non-hydrogen) atoms. The molecule has 0 spiro atoms. The maximum atomic E-state index is 11.3. The van der Waals surface area contributed by atoms with E-state index in [4.69, 9.17) is 5.73 Å². The maximum Gasteiger partial charge on any atom is 0.306 e. The molecule has 1 rings (SSSR count). The van der Waals surface area contributed by atoms with Crippen molar-refractivity contribution in [2.75, 3.05) is 13.7 Å². The number of hydrogen-bond donors (Lipinski definition) is 1. The van der Waals surface area contributed by atoms with Crippen LogP contribution in [0.5, 0.6) is 0 Å². The summed E-state index contributed by atoms with van der Waals surface area (Å²) in [6, 6.07) is 3.74. The van der Waals surface area contributed by atoms with E-state index in [0.717, 1.165) is 5.56 Å². The quantitative estimate of drug-likeness (QED) is 0.745. The van der Waals surface area contributed by atoms with Gasteiger partial charge in [-0.15, -0.1) is 0 Å². The van der Waals surface area contributed by atoms with Crippen LogP contribution in [0.2, 0.25) is 0 Å². The number of esters is 1. The lowest BCUT2D eigenvalue weighted by molar-refractivity contribution is -0.141. The van der Waals surface area contributed by atoms with Crippen molar-refractivity contribution in [2.45, 2.75) is 18.8 Å². The number of rotatable bonds is 4. The molecule has 82 valence electrons. The number of carbonyl (C=O) groups is 1. The van der Waals surface area contributed by atoms with Gasteiger partial charge in [0.25, 0.3) is 0 Å². The molecule has 4 heteroatoms. The fraction of sp³-hybridized carbons (Fsp3) is 0.455. The highest BCUT2D eigenvalue weighted by Crippen LogP contribution is 2.26. The van der Waals surface area contributed by atoms with Gasteiger partial charge < -0.3 is 10.5 Å². The van der Waals surface area contributed by atoms with Gasteiger partial charge in [0.1, 0.15) is 0 Å². The van der Waals surface area contributed by atoms with E-state index in [1.165, 1.54) is 7.11 Å². The van der Waals surface area contributed by atoms with Gasteiger partial charge in [-0.25, -0.2) is 0 Å². The van der Waals surface area contributed by atoms with Crippen LogP contribution in [0.4, 0.5) is 0 Å². The van der Waals surface area contributed by atoms with E-state index in [0.29, 0.717) is 6.54 Å². The Morgan fingerprint density at radius 3 is 2.60 bits per heavy atom. The second-order valence-corrected chi connectivity index (χ2v) is 3.75. The Bertz CT molecular complexity index is 327. The third-order valence-electron chi connectivity index (χ3n) is 2.59.